The zero-order chi connectivity index (χ0) is 18.5. The molecular weight excluding hydrogens is 350 g/mol. The highest BCUT2D eigenvalue weighted by Gasteiger charge is 2.25. The summed E-state index contributed by atoms with van der Waals surface area (Å²) in [4.78, 5) is 27.8. The number of halogens is 1. The molecule has 1 heterocycles. The molecule has 1 fully saturated rings. The summed E-state index contributed by atoms with van der Waals surface area (Å²) < 4.78 is 0. The van der Waals surface area contributed by atoms with Crippen molar-refractivity contribution in [2.45, 2.75) is 6.92 Å². The van der Waals surface area contributed by atoms with Crippen LogP contribution < -0.4 is 10.2 Å². The first-order valence-corrected chi connectivity index (χ1v) is 9.15. The topological polar surface area (TPSA) is 53.9 Å². The lowest BCUT2D eigenvalue weighted by molar-refractivity contribution is -0.895. The Morgan fingerprint density at radius 1 is 1.08 bits per heavy atom. The molecule has 0 radical (unpaired) electrons. The Hall–Kier alpha value is -2.37. The Labute approximate surface area is 158 Å². The standard InChI is InChI=1S/C20H22ClN3O2/c1-15-17(21)8-5-9-18(15)22-19(25)14-23-10-12-24(13-11-23)20(26)16-6-3-2-4-7-16/h2-9H,10-14H2,1H3,(H,22,25)/p+1. The Morgan fingerprint density at radius 2 is 1.77 bits per heavy atom. The van der Waals surface area contributed by atoms with Crippen LogP contribution in [0.1, 0.15) is 15.9 Å². The van der Waals surface area contributed by atoms with Gasteiger partial charge in [0, 0.05) is 16.3 Å². The van der Waals surface area contributed by atoms with E-state index < -0.39 is 0 Å². The van der Waals surface area contributed by atoms with Gasteiger partial charge in [-0.3, -0.25) is 9.59 Å². The first-order chi connectivity index (χ1) is 12.5. The molecule has 0 unspecified atom stereocenters. The molecule has 26 heavy (non-hydrogen) atoms. The molecule has 1 saturated heterocycles. The highest BCUT2D eigenvalue weighted by molar-refractivity contribution is 6.31. The van der Waals surface area contributed by atoms with Crippen LogP contribution in [-0.2, 0) is 4.79 Å². The van der Waals surface area contributed by atoms with Crippen LogP contribution in [0.5, 0.6) is 0 Å². The molecule has 2 amide bonds. The van der Waals surface area contributed by atoms with Crippen LogP contribution in [0.4, 0.5) is 5.69 Å². The van der Waals surface area contributed by atoms with Crippen molar-refractivity contribution in [3.8, 4) is 0 Å². The molecule has 5 nitrogen and oxygen atoms in total. The molecule has 0 aliphatic carbocycles. The summed E-state index contributed by atoms with van der Waals surface area (Å²) in [6.45, 7) is 5.12. The highest BCUT2D eigenvalue weighted by atomic mass is 35.5. The summed E-state index contributed by atoms with van der Waals surface area (Å²) in [6.07, 6.45) is 0. The van der Waals surface area contributed by atoms with E-state index in [0.29, 0.717) is 30.2 Å². The number of carbonyl (C=O) groups excluding carboxylic acids is 2. The van der Waals surface area contributed by atoms with Gasteiger partial charge < -0.3 is 15.1 Å². The summed E-state index contributed by atoms with van der Waals surface area (Å²) in [7, 11) is 0. The Balaban J connectivity index is 1.50. The largest absolute Gasteiger partial charge is 0.327 e. The zero-order valence-electron chi connectivity index (χ0n) is 14.8. The van der Waals surface area contributed by atoms with E-state index in [0.717, 1.165) is 24.3 Å². The van der Waals surface area contributed by atoms with Gasteiger partial charge in [-0.05, 0) is 36.8 Å². The van der Waals surface area contributed by atoms with Crippen molar-refractivity contribution in [1.82, 2.24) is 4.90 Å². The van der Waals surface area contributed by atoms with Crippen LogP contribution in [0, 0.1) is 6.92 Å². The van der Waals surface area contributed by atoms with Crippen LogP contribution in [0.25, 0.3) is 0 Å². The maximum Gasteiger partial charge on any atom is 0.279 e. The fourth-order valence-electron chi connectivity index (χ4n) is 3.13. The maximum atomic E-state index is 12.5. The number of benzene rings is 2. The number of nitrogens with zero attached hydrogens (tertiary/aromatic N) is 1. The quantitative estimate of drug-likeness (QED) is 0.857. The van der Waals surface area contributed by atoms with Crippen LogP contribution in [-0.4, -0.2) is 49.4 Å². The first kappa shape index (κ1) is 18.4. The predicted octanol–water partition coefficient (Wildman–Crippen LogP) is 1.63. The Morgan fingerprint density at radius 3 is 2.46 bits per heavy atom. The number of amides is 2. The van der Waals surface area contributed by atoms with Gasteiger partial charge in [0.2, 0.25) is 0 Å². The molecule has 2 aromatic carbocycles. The van der Waals surface area contributed by atoms with Crippen molar-refractivity contribution in [1.29, 1.82) is 0 Å². The molecule has 3 rings (SSSR count). The molecule has 6 heteroatoms. The van der Waals surface area contributed by atoms with Crippen molar-refractivity contribution >= 4 is 29.1 Å². The van der Waals surface area contributed by atoms with Crippen LogP contribution >= 0.6 is 11.6 Å². The maximum absolute atomic E-state index is 12.5. The van der Waals surface area contributed by atoms with E-state index in [9.17, 15) is 9.59 Å². The molecule has 2 aromatic rings. The minimum Gasteiger partial charge on any atom is -0.327 e. The van der Waals surface area contributed by atoms with Crippen molar-refractivity contribution < 1.29 is 14.5 Å². The van der Waals surface area contributed by atoms with E-state index in [1.54, 1.807) is 6.07 Å². The summed E-state index contributed by atoms with van der Waals surface area (Å²) in [6, 6.07) is 14.8. The van der Waals surface area contributed by atoms with Crippen LogP contribution in [0.2, 0.25) is 5.02 Å². The third-order valence-electron chi connectivity index (χ3n) is 4.73. The molecule has 136 valence electrons. The molecule has 0 aromatic heterocycles. The zero-order valence-corrected chi connectivity index (χ0v) is 15.6. The molecular formula is C20H23ClN3O2+. The van der Waals surface area contributed by atoms with Crippen molar-refractivity contribution in [2.75, 3.05) is 38.0 Å². The molecule has 2 N–H and O–H groups in total. The van der Waals surface area contributed by atoms with Crippen molar-refractivity contribution in [2.24, 2.45) is 0 Å². The molecule has 0 spiro atoms. The van der Waals surface area contributed by atoms with E-state index in [1.807, 2.05) is 54.3 Å². The summed E-state index contributed by atoms with van der Waals surface area (Å²) in [5.41, 5.74) is 2.33. The number of nitrogens with one attached hydrogen (secondary N) is 2. The normalized spacial score (nSPS) is 14.9. The van der Waals surface area contributed by atoms with Gasteiger partial charge in [0.1, 0.15) is 0 Å². The molecule has 0 atom stereocenters. The van der Waals surface area contributed by atoms with E-state index in [-0.39, 0.29) is 11.8 Å². The van der Waals surface area contributed by atoms with Crippen molar-refractivity contribution in [3.63, 3.8) is 0 Å². The Kier molecular flexibility index (Phi) is 5.91. The van der Waals surface area contributed by atoms with Crippen molar-refractivity contribution in [3.05, 3.63) is 64.7 Å². The highest BCUT2D eigenvalue weighted by Crippen LogP contribution is 2.22. The second-order valence-electron chi connectivity index (χ2n) is 6.55. The lowest BCUT2D eigenvalue weighted by Gasteiger charge is -2.32. The predicted molar refractivity (Wildman–Crippen MR) is 103 cm³/mol. The molecule has 0 bridgehead atoms. The number of piperazine rings is 1. The lowest BCUT2D eigenvalue weighted by Crippen LogP contribution is -3.15. The summed E-state index contributed by atoms with van der Waals surface area (Å²) >= 11 is 6.09. The lowest BCUT2D eigenvalue weighted by atomic mass is 10.2. The second kappa shape index (κ2) is 8.34. The van der Waals surface area contributed by atoms with Gasteiger partial charge in [-0.1, -0.05) is 35.9 Å². The molecule has 1 aliphatic heterocycles. The van der Waals surface area contributed by atoms with Crippen LogP contribution in [0.3, 0.4) is 0 Å². The number of anilines is 1. The van der Waals surface area contributed by atoms with E-state index in [1.165, 1.54) is 4.90 Å². The molecule has 0 saturated carbocycles. The van der Waals surface area contributed by atoms with E-state index >= 15 is 0 Å². The minimum atomic E-state index is -0.0341. The minimum absolute atomic E-state index is 0.0341. The number of rotatable bonds is 4. The summed E-state index contributed by atoms with van der Waals surface area (Å²) in [5.74, 6) is 0.0249. The number of hydrogen-bond acceptors (Lipinski definition) is 2. The number of quaternary nitrogens is 1. The summed E-state index contributed by atoms with van der Waals surface area (Å²) in [5, 5.41) is 3.58. The van der Waals surface area contributed by atoms with Gasteiger partial charge in [-0.2, -0.15) is 0 Å². The van der Waals surface area contributed by atoms with Gasteiger partial charge in [-0.25, -0.2) is 0 Å². The number of carbonyl (C=O) groups is 2. The SMILES string of the molecule is Cc1c(Cl)cccc1NC(=O)C[NH+]1CCN(C(=O)c2ccccc2)CC1. The van der Waals surface area contributed by atoms with Gasteiger partial charge in [0.25, 0.3) is 11.8 Å². The van der Waals surface area contributed by atoms with Gasteiger partial charge in [0.15, 0.2) is 6.54 Å². The first-order valence-electron chi connectivity index (χ1n) is 8.77. The average Bonchev–Trinajstić information content (AvgIpc) is 2.66. The van der Waals surface area contributed by atoms with Crippen LogP contribution in [0.15, 0.2) is 48.5 Å². The second-order valence-corrected chi connectivity index (χ2v) is 6.95. The van der Waals surface area contributed by atoms with Gasteiger partial charge in [0.05, 0.1) is 26.2 Å². The third kappa shape index (κ3) is 4.42. The number of hydrogen-bond donors (Lipinski definition) is 2. The smallest absolute Gasteiger partial charge is 0.279 e. The third-order valence-corrected chi connectivity index (χ3v) is 5.14. The fourth-order valence-corrected chi connectivity index (χ4v) is 3.31. The monoisotopic (exact) mass is 372 g/mol. The Bertz CT molecular complexity index is 787. The van der Waals surface area contributed by atoms with Gasteiger partial charge >= 0.3 is 0 Å². The van der Waals surface area contributed by atoms with Gasteiger partial charge in [-0.15, -0.1) is 0 Å². The van der Waals surface area contributed by atoms with E-state index in [4.69, 9.17) is 11.6 Å². The fraction of sp³-hybridized carbons (Fsp3) is 0.300. The van der Waals surface area contributed by atoms with E-state index in [2.05, 4.69) is 5.32 Å². The average molecular weight is 373 g/mol. The molecule has 1 aliphatic rings.